The Balaban J connectivity index is 1.22. The van der Waals surface area contributed by atoms with Crippen molar-refractivity contribution in [3.63, 3.8) is 0 Å². The smallest absolute Gasteiger partial charge is 0.255 e. The molecule has 4 N–H and O–H groups in total. The lowest BCUT2D eigenvalue weighted by Crippen LogP contribution is -2.60. The topological polar surface area (TPSA) is 124 Å². The molecule has 1 saturated heterocycles. The molecular weight excluding hydrogens is 468 g/mol. The standard InChI is InChI=1S/C28H28N6O3/c1-18-4-2-3-5-24(18)33-12-13-34(25(16-33)27(29)36)26(35)14-19-6-9-21(10-7-19)32-28(37)20-8-11-22-23(15-20)31-17-30-22/h2-11,15,17,25H,12-14,16H2,1H3,(H2,29,36)(H,30,31)(H,32,37). The van der Waals surface area contributed by atoms with Gasteiger partial charge in [0, 0.05) is 36.6 Å². The van der Waals surface area contributed by atoms with Crippen LogP contribution in [-0.4, -0.2) is 58.3 Å². The van der Waals surface area contributed by atoms with Gasteiger partial charge < -0.3 is 25.8 Å². The van der Waals surface area contributed by atoms with Crippen molar-refractivity contribution in [1.29, 1.82) is 0 Å². The Morgan fingerprint density at radius 2 is 1.84 bits per heavy atom. The van der Waals surface area contributed by atoms with E-state index in [4.69, 9.17) is 5.73 Å². The number of H-pyrrole nitrogens is 1. The first-order valence-electron chi connectivity index (χ1n) is 12.1. The van der Waals surface area contributed by atoms with Crippen LogP contribution in [0.15, 0.2) is 73.1 Å². The highest BCUT2D eigenvalue weighted by Gasteiger charge is 2.34. The molecule has 0 radical (unpaired) electrons. The van der Waals surface area contributed by atoms with Crippen LogP contribution in [-0.2, 0) is 16.0 Å². The minimum atomic E-state index is -0.702. The number of para-hydroxylation sites is 1. The number of carbonyl (C=O) groups excluding carboxylic acids is 3. The maximum Gasteiger partial charge on any atom is 0.255 e. The highest BCUT2D eigenvalue weighted by Crippen LogP contribution is 2.24. The number of nitrogens with two attached hydrogens (primary N) is 1. The molecule has 9 heteroatoms. The number of benzene rings is 3. The number of fused-ring (bicyclic) bond motifs is 1. The van der Waals surface area contributed by atoms with Gasteiger partial charge in [-0.25, -0.2) is 4.98 Å². The van der Waals surface area contributed by atoms with Crippen molar-refractivity contribution in [1.82, 2.24) is 14.9 Å². The number of primary amides is 1. The zero-order chi connectivity index (χ0) is 25.9. The molecule has 1 aromatic heterocycles. The Bertz CT molecular complexity index is 1460. The third kappa shape index (κ3) is 5.16. The van der Waals surface area contributed by atoms with Crippen molar-refractivity contribution in [2.24, 2.45) is 5.73 Å². The SMILES string of the molecule is Cc1ccccc1N1CCN(C(=O)Cc2ccc(NC(=O)c3ccc4nc[nH]c4c3)cc2)C(C(N)=O)C1. The summed E-state index contributed by atoms with van der Waals surface area (Å²) < 4.78 is 0. The number of aromatic amines is 1. The van der Waals surface area contributed by atoms with Gasteiger partial charge in [0.15, 0.2) is 0 Å². The molecule has 1 aliphatic rings. The van der Waals surface area contributed by atoms with Crippen LogP contribution in [0.1, 0.15) is 21.5 Å². The quantitative estimate of drug-likeness (QED) is 0.379. The molecule has 0 saturated carbocycles. The minimum Gasteiger partial charge on any atom is -0.368 e. The van der Waals surface area contributed by atoms with E-state index in [9.17, 15) is 14.4 Å². The first-order chi connectivity index (χ1) is 17.9. The number of amides is 3. The Hall–Kier alpha value is -4.66. The first-order valence-corrected chi connectivity index (χ1v) is 12.1. The molecule has 3 amide bonds. The second-order valence-corrected chi connectivity index (χ2v) is 9.20. The Morgan fingerprint density at radius 1 is 1.05 bits per heavy atom. The summed E-state index contributed by atoms with van der Waals surface area (Å²) in [6.45, 7) is 3.42. The number of aryl methyl sites for hydroxylation is 1. The molecule has 4 aromatic rings. The number of rotatable bonds is 6. The van der Waals surface area contributed by atoms with Gasteiger partial charge in [-0.3, -0.25) is 14.4 Å². The van der Waals surface area contributed by atoms with Crippen LogP contribution >= 0.6 is 0 Å². The van der Waals surface area contributed by atoms with E-state index in [0.717, 1.165) is 27.8 Å². The van der Waals surface area contributed by atoms with Crippen molar-refractivity contribution < 1.29 is 14.4 Å². The number of piperazine rings is 1. The van der Waals surface area contributed by atoms with Crippen LogP contribution in [0.3, 0.4) is 0 Å². The van der Waals surface area contributed by atoms with Gasteiger partial charge in [-0.05, 0) is 54.4 Å². The van der Waals surface area contributed by atoms with Crippen LogP contribution in [0.5, 0.6) is 0 Å². The molecule has 1 atom stereocenters. The Morgan fingerprint density at radius 3 is 2.59 bits per heavy atom. The highest BCUT2D eigenvalue weighted by atomic mass is 16.2. The van der Waals surface area contributed by atoms with Crippen LogP contribution in [0, 0.1) is 6.92 Å². The zero-order valence-corrected chi connectivity index (χ0v) is 20.5. The minimum absolute atomic E-state index is 0.138. The second kappa shape index (κ2) is 10.1. The van der Waals surface area contributed by atoms with E-state index < -0.39 is 11.9 Å². The van der Waals surface area contributed by atoms with E-state index in [1.807, 2.05) is 31.2 Å². The number of nitrogens with one attached hydrogen (secondary N) is 2. The molecule has 188 valence electrons. The van der Waals surface area contributed by atoms with Gasteiger partial charge in [-0.2, -0.15) is 0 Å². The van der Waals surface area contributed by atoms with Crippen molar-refractivity contribution >= 4 is 40.1 Å². The lowest BCUT2D eigenvalue weighted by molar-refractivity contribution is -0.139. The number of nitrogens with zero attached hydrogens (tertiary/aromatic N) is 3. The van der Waals surface area contributed by atoms with E-state index in [1.54, 1.807) is 53.7 Å². The molecule has 1 fully saturated rings. The van der Waals surface area contributed by atoms with Crippen LogP contribution in [0.25, 0.3) is 11.0 Å². The maximum atomic E-state index is 13.1. The lowest BCUT2D eigenvalue weighted by atomic mass is 10.1. The maximum absolute atomic E-state index is 13.1. The van der Waals surface area contributed by atoms with Crippen molar-refractivity contribution in [2.45, 2.75) is 19.4 Å². The van der Waals surface area contributed by atoms with Crippen LogP contribution in [0.4, 0.5) is 11.4 Å². The van der Waals surface area contributed by atoms with E-state index in [2.05, 4.69) is 20.2 Å². The molecule has 37 heavy (non-hydrogen) atoms. The van der Waals surface area contributed by atoms with Crippen molar-refractivity contribution in [3.8, 4) is 0 Å². The molecule has 0 aliphatic carbocycles. The van der Waals surface area contributed by atoms with E-state index in [-0.39, 0.29) is 18.2 Å². The average molecular weight is 497 g/mol. The molecule has 1 aliphatic heterocycles. The third-order valence-electron chi connectivity index (χ3n) is 6.73. The van der Waals surface area contributed by atoms with Gasteiger partial charge in [0.25, 0.3) is 5.91 Å². The normalized spacial score (nSPS) is 15.5. The number of anilines is 2. The summed E-state index contributed by atoms with van der Waals surface area (Å²) in [6, 6.07) is 19.7. The van der Waals surface area contributed by atoms with E-state index in [1.165, 1.54) is 0 Å². The molecule has 1 unspecified atom stereocenters. The molecule has 3 aromatic carbocycles. The van der Waals surface area contributed by atoms with Crippen molar-refractivity contribution in [3.05, 3.63) is 89.7 Å². The fourth-order valence-electron chi connectivity index (χ4n) is 4.72. The Kier molecular flexibility index (Phi) is 6.59. The molecule has 5 rings (SSSR count). The number of imidazole rings is 1. The van der Waals surface area contributed by atoms with Gasteiger partial charge in [0.1, 0.15) is 6.04 Å². The predicted molar refractivity (Wildman–Crippen MR) is 142 cm³/mol. The van der Waals surface area contributed by atoms with Gasteiger partial charge in [0.05, 0.1) is 23.8 Å². The number of hydrogen-bond donors (Lipinski definition) is 3. The van der Waals surface area contributed by atoms with Gasteiger partial charge >= 0.3 is 0 Å². The number of aromatic nitrogens is 2. The molecule has 0 bridgehead atoms. The molecular formula is C28H28N6O3. The highest BCUT2D eigenvalue weighted by molar-refractivity contribution is 6.05. The van der Waals surface area contributed by atoms with E-state index >= 15 is 0 Å². The molecule has 2 heterocycles. The van der Waals surface area contributed by atoms with E-state index in [0.29, 0.717) is 30.9 Å². The average Bonchev–Trinajstić information content (AvgIpc) is 3.38. The largest absolute Gasteiger partial charge is 0.368 e. The Labute approximate surface area is 214 Å². The fraction of sp³-hybridized carbons (Fsp3) is 0.214. The number of hydrogen-bond acceptors (Lipinski definition) is 5. The third-order valence-corrected chi connectivity index (χ3v) is 6.73. The number of carbonyl (C=O) groups is 3. The summed E-state index contributed by atoms with van der Waals surface area (Å²) in [5, 5.41) is 2.87. The second-order valence-electron chi connectivity index (χ2n) is 9.20. The molecule has 9 nitrogen and oxygen atoms in total. The predicted octanol–water partition coefficient (Wildman–Crippen LogP) is 2.87. The van der Waals surface area contributed by atoms with Gasteiger partial charge in [-0.15, -0.1) is 0 Å². The zero-order valence-electron chi connectivity index (χ0n) is 20.5. The first kappa shape index (κ1) is 24.1. The van der Waals surface area contributed by atoms with Gasteiger partial charge in [-0.1, -0.05) is 30.3 Å². The summed E-state index contributed by atoms with van der Waals surface area (Å²) in [5.41, 5.74) is 11.3. The monoisotopic (exact) mass is 496 g/mol. The van der Waals surface area contributed by atoms with Crippen LogP contribution < -0.4 is 16.0 Å². The van der Waals surface area contributed by atoms with Crippen LogP contribution in [0.2, 0.25) is 0 Å². The summed E-state index contributed by atoms with van der Waals surface area (Å²) in [6.07, 6.45) is 1.72. The summed E-state index contributed by atoms with van der Waals surface area (Å²) >= 11 is 0. The summed E-state index contributed by atoms with van der Waals surface area (Å²) in [5.74, 6) is -0.910. The summed E-state index contributed by atoms with van der Waals surface area (Å²) in [7, 11) is 0. The lowest BCUT2D eigenvalue weighted by Gasteiger charge is -2.41. The fourth-order valence-corrected chi connectivity index (χ4v) is 4.72. The van der Waals surface area contributed by atoms with Crippen molar-refractivity contribution in [2.75, 3.05) is 29.9 Å². The molecule has 0 spiro atoms. The summed E-state index contributed by atoms with van der Waals surface area (Å²) in [4.78, 5) is 48.9. The van der Waals surface area contributed by atoms with Gasteiger partial charge in [0.2, 0.25) is 11.8 Å².